The number of thioether (sulfide) groups is 1. The molecule has 33 heavy (non-hydrogen) atoms. The number of aromatic nitrogens is 2. The average molecular weight is 484 g/mol. The maximum atomic E-state index is 13.4. The summed E-state index contributed by atoms with van der Waals surface area (Å²) < 4.78 is 25.0. The predicted molar refractivity (Wildman–Crippen MR) is 129 cm³/mol. The Labute approximate surface area is 199 Å². The van der Waals surface area contributed by atoms with E-state index in [1.54, 1.807) is 30.3 Å². The molecule has 2 aromatic carbocycles. The van der Waals surface area contributed by atoms with Crippen molar-refractivity contribution in [2.75, 3.05) is 6.61 Å². The lowest BCUT2D eigenvalue weighted by Gasteiger charge is -2.13. The molecule has 0 unspecified atom stereocenters. The second-order valence-corrected chi connectivity index (χ2v) is 9.39. The number of carbonyl (C=O) groups excluding carboxylic acids is 1. The number of hydrogen-bond acceptors (Lipinski definition) is 8. The van der Waals surface area contributed by atoms with Crippen LogP contribution >= 0.6 is 23.1 Å². The minimum Gasteiger partial charge on any atom is -0.490 e. The van der Waals surface area contributed by atoms with Crippen LogP contribution in [-0.4, -0.2) is 27.6 Å². The van der Waals surface area contributed by atoms with Gasteiger partial charge in [-0.1, -0.05) is 36.9 Å². The van der Waals surface area contributed by atoms with Crippen LogP contribution in [0.15, 0.2) is 47.4 Å². The fraction of sp³-hybridized carbons (Fsp3) is 0.250. The van der Waals surface area contributed by atoms with Crippen molar-refractivity contribution < 1.29 is 18.7 Å². The number of ether oxygens (including phenoxy) is 2. The topological polar surface area (TPSA) is 85.2 Å². The van der Waals surface area contributed by atoms with Crippen molar-refractivity contribution in [1.29, 1.82) is 5.41 Å². The van der Waals surface area contributed by atoms with Crippen molar-refractivity contribution in [2.24, 2.45) is 0 Å². The number of aryl methyl sites for hydroxylation is 1. The molecule has 9 heteroatoms. The highest BCUT2D eigenvalue weighted by molar-refractivity contribution is 8.19. The number of ketones is 1. The van der Waals surface area contributed by atoms with E-state index < -0.39 is 5.92 Å². The van der Waals surface area contributed by atoms with Crippen molar-refractivity contribution >= 4 is 40.0 Å². The van der Waals surface area contributed by atoms with Crippen molar-refractivity contribution in [1.82, 2.24) is 10.2 Å². The lowest BCUT2D eigenvalue weighted by atomic mass is 10.1. The van der Waals surface area contributed by atoms with Gasteiger partial charge in [0.15, 0.2) is 17.3 Å². The minimum absolute atomic E-state index is 0.145. The van der Waals surface area contributed by atoms with Crippen molar-refractivity contribution in [3.63, 3.8) is 0 Å². The van der Waals surface area contributed by atoms with E-state index in [1.807, 2.05) is 19.9 Å². The van der Waals surface area contributed by atoms with Gasteiger partial charge in [0, 0.05) is 0 Å². The zero-order chi connectivity index (χ0) is 23.4. The molecule has 1 saturated heterocycles. The maximum absolute atomic E-state index is 13.4. The molecule has 1 aliphatic rings. The summed E-state index contributed by atoms with van der Waals surface area (Å²) in [7, 11) is 0. The summed E-state index contributed by atoms with van der Waals surface area (Å²) in [6.45, 7) is 4.49. The van der Waals surface area contributed by atoms with Gasteiger partial charge < -0.3 is 9.47 Å². The van der Waals surface area contributed by atoms with E-state index in [-0.39, 0.29) is 23.3 Å². The quantitative estimate of drug-likeness (QED) is 0.418. The minimum atomic E-state index is -0.681. The van der Waals surface area contributed by atoms with Gasteiger partial charge in [0.25, 0.3) is 0 Å². The Bertz CT molecular complexity index is 1230. The van der Waals surface area contributed by atoms with Crippen molar-refractivity contribution in [3.05, 3.63) is 74.3 Å². The van der Waals surface area contributed by atoms with Crippen molar-refractivity contribution in [3.8, 4) is 11.5 Å². The molecule has 1 atom stereocenters. The fourth-order valence-electron chi connectivity index (χ4n) is 3.28. The number of nitrogens with zero attached hydrogens (tertiary/aromatic N) is 2. The number of hydrogen-bond donors (Lipinski definition) is 1. The lowest BCUT2D eigenvalue weighted by molar-refractivity contribution is -0.114. The molecule has 4 rings (SSSR count). The highest BCUT2D eigenvalue weighted by Gasteiger charge is 2.39. The Balaban J connectivity index is 1.54. The summed E-state index contributed by atoms with van der Waals surface area (Å²) in [6, 6.07) is 11.6. The standard InChI is InChI=1S/C24H22FN3O3S2/c1-3-20-27-28-24(33-20)21-22(29)19(32-23(21)26)12-14-8-9-17(18(11-14)30-4-2)31-13-15-6-5-7-16(25)10-15/h5-12,21,26H,3-4,13H2,1-2H3/b19-12-,26-23?/t21-/m1/s1. The molecule has 1 fully saturated rings. The van der Waals surface area contributed by atoms with Crippen LogP contribution in [-0.2, 0) is 17.8 Å². The number of carbonyl (C=O) groups is 1. The van der Waals surface area contributed by atoms with Gasteiger partial charge in [-0.25, -0.2) is 4.39 Å². The zero-order valence-corrected chi connectivity index (χ0v) is 19.8. The van der Waals surface area contributed by atoms with Gasteiger partial charge in [0.1, 0.15) is 28.4 Å². The van der Waals surface area contributed by atoms with E-state index in [0.29, 0.717) is 33.6 Å². The van der Waals surface area contributed by atoms with Gasteiger partial charge in [-0.15, -0.1) is 21.5 Å². The molecule has 2 heterocycles. The first-order valence-corrected chi connectivity index (χ1v) is 12.1. The van der Waals surface area contributed by atoms with Gasteiger partial charge >= 0.3 is 0 Å². The summed E-state index contributed by atoms with van der Waals surface area (Å²) in [5.74, 6) is -0.0834. The Kier molecular flexibility index (Phi) is 7.20. The molecule has 1 aliphatic heterocycles. The van der Waals surface area contributed by atoms with Crippen LogP contribution in [0, 0.1) is 11.2 Å². The summed E-state index contributed by atoms with van der Waals surface area (Å²) in [5, 5.41) is 18.2. The molecule has 0 saturated carbocycles. The van der Waals surface area contributed by atoms with Crippen molar-refractivity contribution in [2.45, 2.75) is 32.8 Å². The smallest absolute Gasteiger partial charge is 0.186 e. The predicted octanol–water partition coefficient (Wildman–Crippen LogP) is 5.64. The first kappa shape index (κ1) is 23.1. The Hall–Kier alpha value is -3.04. The van der Waals surface area contributed by atoms with E-state index in [2.05, 4.69) is 10.2 Å². The van der Waals surface area contributed by atoms with Crippen LogP contribution in [0.3, 0.4) is 0 Å². The van der Waals surface area contributed by atoms with E-state index in [9.17, 15) is 9.18 Å². The summed E-state index contributed by atoms with van der Waals surface area (Å²) in [6.07, 6.45) is 2.50. The van der Waals surface area contributed by atoms with Crippen LogP contribution in [0.1, 0.15) is 40.9 Å². The number of rotatable bonds is 8. The molecule has 0 radical (unpaired) electrons. The van der Waals surface area contributed by atoms with Crippen LogP contribution in [0.25, 0.3) is 6.08 Å². The van der Waals surface area contributed by atoms with Crippen LogP contribution in [0.2, 0.25) is 0 Å². The van der Waals surface area contributed by atoms with E-state index in [4.69, 9.17) is 14.9 Å². The van der Waals surface area contributed by atoms with E-state index in [1.165, 1.54) is 23.5 Å². The van der Waals surface area contributed by atoms with Crippen LogP contribution in [0.5, 0.6) is 11.5 Å². The van der Waals surface area contributed by atoms with Gasteiger partial charge in [-0.2, -0.15) is 0 Å². The van der Waals surface area contributed by atoms with Gasteiger partial charge in [0.2, 0.25) is 0 Å². The second kappa shape index (κ2) is 10.3. The molecule has 170 valence electrons. The summed E-state index contributed by atoms with van der Waals surface area (Å²) in [5.41, 5.74) is 1.47. The number of Topliss-reactive ketones (excluding diaryl/α,β-unsaturated/α-hetero) is 1. The zero-order valence-electron chi connectivity index (χ0n) is 18.1. The molecule has 3 aromatic rings. The normalized spacial score (nSPS) is 17.1. The first-order valence-electron chi connectivity index (χ1n) is 10.5. The number of halogens is 1. The number of nitrogens with one attached hydrogen (secondary N) is 1. The van der Waals surface area contributed by atoms with Gasteiger partial charge in [0.05, 0.1) is 16.6 Å². The van der Waals surface area contributed by atoms with Crippen LogP contribution < -0.4 is 9.47 Å². The van der Waals surface area contributed by atoms with E-state index >= 15 is 0 Å². The van der Waals surface area contributed by atoms with E-state index in [0.717, 1.165) is 28.8 Å². The Morgan fingerprint density at radius 1 is 1.12 bits per heavy atom. The summed E-state index contributed by atoms with van der Waals surface area (Å²) >= 11 is 2.52. The Morgan fingerprint density at radius 2 is 1.97 bits per heavy atom. The first-order chi connectivity index (χ1) is 16.0. The summed E-state index contributed by atoms with van der Waals surface area (Å²) in [4.78, 5) is 13.5. The molecule has 0 aliphatic carbocycles. The highest BCUT2D eigenvalue weighted by atomic mass is 32.2. The molecule has 0 bridgehead atoms. The van der Waals surface area contributed by atoms with Crippen LogP contribution in [0.4, 0.5) is 4.39 Å². The monoisotopic (exact) mass is 483 g/mol. The molecule has 6 nitrogen and oxygen atoms in total. The number of benzene rings is 2. The van der Waals surface area contributed by atoms with Gasteiger partial charge in [-0.05, 0) is 54.8 Å². The third kappa shape index (κ3) is 5.31. The largest absolute Gasteiger partial charge is 0.490 e. The Morgan fingerprint density at radius 3 is 2.70 bits per heavy atom. The molecular formula is C24H22FN3O3S2. The average Bonchev–Trinajstić information content (AvgIpc) is 3.37. The van der Waals surface area contributed by atoms with Gasteiger partial charge in [-0.3, -0.25) is 10.2 Å². The molecule has 0 spiro atoms. The second-order valence-electron chi connectivity index (χ2n) is 7.22. The highest BCUT2D eigenvalue weighted by Crippen LogP contribution is 2.42. The molecule has 0 amide bonds. The third-order valence-electron chi connectivity index (χ3n) is 4.87. The number of allylic oxidation sites excluding steroid dienone is 1. The lowest BCUT2D eigenvalue weighted by Crippen LogP contribution is -2.11. The molecule has 1 aromatic heterocycles. The maximum Gasteiger partial charge on any atom is 0.186 e. The molecule has 1 N–H and O–H groups in total. The SMILES string of the molecule is CCOc1cc(/C=C2\SC(=N)[C@H](c3nnc(CC)s3)C2=O)ccc1OCc1cccc(F)c1. The fourth-order valence-corrected chi connectivity index (χ4v) is 5.23. The third-order valence-corrected chi connectivity index (χ3v) is 6.99. The molecular weight excluding hydrogens is 461 g/mol.